The van der Waals surface area contributed by atoms with Crippen LogP contribution in [0.2, 0.25) is 0 Å². The molecule has 8 heteroatoms. The monoisotopic (exact) mass is 511 g/mol. The smallest absolute Gasteiger partial charge is 0.246 e. The Bertz CT molecular complexity index is 934. The summed E-state index contributed by atoms with van der Waals surface area (Å²) in [6.07, 6.45) is 3.12. The summed E-state index contributed by atoms with van der Waals surface area (Å²) in [5.41, 5.74) is 2.43. The van der Waals surface area contributed by atoms with Crippen molar-refractivity contribution in [3.8, 4) is 0 Å². The molecule has 0 saturated carbocycles. The van der Waals surface area contributed by atoms with Gasteiger partial charge in [0, 0.05) is 44.2 Å². The second-order valence-corrected chi connectivity index (χ2v) is 11.3. The van der Waals surface area contributed by atoms with Gasteiger partial charge in [0.2, 0.25) is 17.7 Å². The maximum absolute atomic E-state index is 13.8. The van der Waals surface area contributed by atoms with E-state index in [9.17, 15) is 14.4 Å². The van der Waals surface area contributed by atoms with Gasteiger partial charge >= 0.3 is 0 Å². The fraction of sp³-hybridized carbons (Fsp3) is 0.690. The summed E-state index contributed by atoms with van der Waals surface area (Å²) < 4.78 is 0. The maximum Gasteiger partial charge on any atom is 0.246 e. The highest BCUT2D eigenvalue weighted by atomic mass is 16.2. The number of likely N-dealkylation sites (N-methyl/N-ethyl adjacent to an activating group) is 1. The van der Waals surface area contributed by atoms with E-state index in [1.807, 2.05) is 19.9 Å². The fourth-order valence-electron chi connectivity index (χ4n) is 5.35. The molecule has 0 bridgehead atoms. The molecule has 1 aromatic carbocycles. The molecule has 8 nitrogen and oxygen atoms in total. The molecule has 0 radical (unpaired) electrons. The van der Waals surface area contributed by atoms with Crippen LogP contribution in [-0.2, 0) is 20.8 Å². The van der Waals surface area contributed by atoms with Crippen LogP contribution in [0.4, 0.5) is 0 Å². The first-order valence-electron chi connectivity index (χ1n) is 13.8. The van der Waals surface area contributed by atoms with Crippen molar-refractivity contribution in [2.45, 2.75) is 77.9 Å². The Morgan fingerprint density at radius 2 is 1.89 bits per heavy atom. The molecular formula is C29H45N5O3. The molecule has 1 aliphatic carbocycles. The Hall–Kier alpha value is -2.63. The zero-order chi connectivity index (χ0) is 27.1. The molecule has 1 aromatic rings. The molecule has 1 fully saturated rings. The average molecular weight is 512 g/mol. The first-order valence-corrected chi connectivity index (χ1v) is 13.8. The summed E-state index contributed by atoms with van der Waals surface area (Å²) in [5, 5.41) is 9.00. The van der Waals surface area contributed by atoms with Crippen molar-refractivity contribution >= 4 is 17.7 Å². The SMILES string of the molecule is CN[C@@H](C)C(=O)N[C@H](C(=O)N1CCN(CC(C)C)C[C@H]1C(=O)NCC1CCCc2ccc#cc21)C(C)C. The minimum atomic E-state index is -0.689. The van der Waals surface area contributed by atoms with Gasteiger partial charge in [-0.25, -0.2) is 0 Å². The lowest BCUT2D eigenvalue weighted by atomic mass is 9.83. The van der Waals surface area contributed by atoms with E-state index in [2.05, 4.69) is 52.9 Å². The largest absolute Gasteiger partial charge is 0.354 e. The van der Waals surface area contributed by atoms with Gasteiger partial charge in [-0.2, -0.15) is 0 Å². The molecule has 204 valence electrons. The molecule has 0 spiro atoms. The van der Waals surface area contributed by atoms with Crippen LogP contribution in [0.3, 0.4) is 0 Å². The third kappa shape index (κ3) is 7.45. The number of carbonyl (C=O) groups is 3. The fourth-order valence-corrected chi connectivity index (χ4v) is 5.35. The second kappa shape index (κ2) is 13.3. The standard InChI is InChI=1S/C29H45N5O3/c1-19(2)17-33-14-15-34(29(37)26(20(3)4)32-27(35)21(5)30-6)25(18-33)28(36)31-16-23-12-9-11-22-10-7-8-13-24(22)23/h7,10,19-21,23,25-26,30H,9,11-12,14-18H2,1-6H3,(H,31,36)(H,32,35)/t21-,23?,25-,26-/m0/s1. The molecule has 1 unspecified atom stereocenters. The van der Waals surface area contributed by atoms with Gasteiger partial charge < -0.3 is 20.9 Å². The number of nitrogens with one attached hydrogen (secondary N) is 3. The van der Waals surface area contributed by atoms with Crippen molar-refractivity contribution in [3.05, 3.63) is 35.4 Å². The molecule has 2 aliphatic rings. The number of nitrogens with zero attached hydrogens (tertiary/aromatic N) is 2. The molecule has 1 heterocycles. The van der Waals surface area contributed by atoms with E-state index in [0.717, 1.165) is 31.4 Å². The van der Waals surface area contributed by atoms with E-state index in [4.69, 9.17) is 0 Å². The van der Waals surface area contributed by atoms with Crippen LogP contribution in [0.15, 0.2) is 12.1 Å². The van der Waals surface area contributed by atoms with Crippen LogP contribution in [0.5, 0.6) is 0 Å². The number of amides is 3. The van der Waals surface area contributed by atoms with Gasteiger partial charge in [-0.1, -0.05) is 39.8 Å². The van der Waals surface area contributed by atoms with Crippen molar-refractivity contribution in [1.82, 2.24) is 25.8 Å². The molecule has 1 aliphatic heterocycles. The number of hydrogen-bond donors (Lipinski definition) is 3. The highest BCUT2D eigenvalue weighted by Gasteiger charge is 2.39. The summed E-state index contributed by atoms with van der Waals surface area (Å²) >= 11 is 0. The number of fused-ring (bicyclic) bond motifs is 1. The third-order valence-corrected chi connectivity index (χ3v) is 7.58. The minimum absolute atomic E-state index is 0.108. The second-order valence-electron chi connectivity index (χ2n) is 11.3. The first kappa shape index (κ1) is 28.9. The van der Waals surface area contributed by atoms with Gasteiger partial charge in [0.1, 0.15) is 12.1 Å². The highest BCUT2D eigenvalue weighted by molar-refractivity contribution is 5.93. The highest BCUT2D eigenvalue weighted by Crippen LogP contribution is 2.29. The van der Waals surface area contributed by atoms with Gasteiger partial charge in [-0.15, -0.1) is 0 Å². The number of aryl methyl sites for hydroxylation is 1. The molecule has 3 rings (SSSR count). The van der Waals surface area contributed by atoms with Crippen LogP contribution in [0.1, 0.15) is 64.5 Å². The summed E-state index contributed by atoms with van der Waals surface area (Å²) in [5.74, 6) is 0.00674. The lowest BCUT2D eigenvalue weighted by molar-refractivity contribution is -0.147. The molecule has 3 amide bonds. The van der Waals surface area contributed by atoms with E-state index in [1.54, 1.807) is 18.9 Å². The zero-order valence-corrected chi connectivity index (χ0v) is 23.4. The van der Waals surface area contributed by atoms with E-state index < -0.39 is 18.1 Å². The van der Waals surface area contributed by atoms with Crippen molar-refractivity contribution in [1.29, 1.82) is 0 Å². The topological polar surface area (TPSA) is 93.8 Å². The quantitative estimate of drug-likeness (QED) is 0.445. The van der Waals surface area contributed by atoms with Crippen LogP contribution in [-0.4, -0.2) is 85.4 Å². The molecule has 0 aromatic heterocycles. The van der Waals surface area contributed by atoms with E-state index in [0.29, 0.717) is 32.1 Å². The van der Waals surface area contributed by atoms with Crippen molar-refractivity contribution in [3.63, 3.8) is 0 Å². The summed E-state index contributed by atoms with van der Waals surface area (Å²) in [6, 6.07) is 8.62. The Kier molecular flexibility index (Phi) is 10.4. The van der Waals surface area contributed by atoms with Gasteiger partial charge in [-0.3, -0.25) is 19.3 Å². The Morgan fingerprint density at radius 3 is 2.57 bits per heavy atom. The van der Waals surface area contributed by atoms with Crippen molar-refractivity contribution in [2.24, 2.45) is 11.8 Å². The lowest BCUT2D eigenvalue weighted by Crippen LogP contribution is -2.65. The molecule has 1 saturated heterocycles. The van der Waals surface area contributed by atoms with Crippen LogP contribution in [0.25, 0.3) is 0 Å². The summed E-state index contributed by atoms with van der Waals surface area (Å²) in [6.45, 7) is 13.0. The van der Waals surface area contributed by atoms with Crippen LogP contribution < -0.4 is 16.0 Å². The predicted octanol–water partition coefficient (Wildman–Crippen LogP) is 1.74. The lowest BCUT2D eigenvalue weighted by Gasteiger charge is -2.43. The molecule has 3 N–H and O–H groups in total. The number of rotatable bonds is 10. The molecule has 4 atom stereocenters. The predicted molar refractivity (Wildman–Crippen MR) is 145 cm³/mol. The summed E-state index contributed by atoms with van der Waals surface area (Å²) in [4.78, 5) is 44.0. The summed E-state index contributed by atoms with van der Waals surface area (Å²) in [7, 11) is 1.71. The Labute approximate surface area is 222 Å². The average Bonchev–Trinajstić information content (AvgIpc) is 2.88. The molecule has 37 heavy (non-hydrogen) atoms. The minimum Gasteiger partial charge on any atom is -0.354 e. The van der Waals surface area contributed by atoms with Gasteiger partial charge in [0.15, 0.2) is 0 Å². The first-order chi connectivity index (χ1) is 17.6. The van der Waals surface area contributed by atoms with Gasteiger partial charge in [0.25, 0.3) is 0 Å². The van der Waals surface area contributed by atoms with Gasteiger partial charge in [-0.05, 0) is 62.8 Å². The van der Waals surface area contributed by atoms with Crippen molar-refractivity contribution in [2.75, 3.05) is 39.8 Å². The number of piperazine rings is 1. The third-order valence-electron chi connectivity index (χ3n) is 7.58. The Morgan fingerprint density at radius 1 is 1.14 bits per heavy atom. The molecular weight excluding hydrogens is 466 g/mol. The van der Waals surface area contributed by atoms with Crippen LogP contribution >= 0.6 is 0 Å². The number of hydrogen-bond acceptors (Lipinski definition) is 5. The van der Waals surface area contributed by atoms with E-state index in [-0.39, 0.29) is 29.6 Å². The van der Waals surface area contributed by atoms with Crippen LogP contribution in [0, 0.1) is 24.0 Å². The number of carbonyl (C=O) groups excluding carboxylic acids is 3. The normalized spacial score (nSPS) is 21.7. The van der Waals surface area contributed by atoms with Gasteiger partial charge in [0.05, 0.1) is 6.04 Å². The Balaban J connectivity index is 1.75. The maximum atomic E-state index is 13.8. The van der Waals surface area contributed by atoms with Crippen molar-refractivity contribution < 1.29 is 14.4 Å². The van der Waals surface area contributed by atoms with E-state index >= 15 is 0 Å². The van der Waals surface area contributed by atoms with E-state index in [1.165, 1.54) is 5.56 Å². The zero-order valence-electron chi connectivity index (χ0n) is 23.4.